The third kappa shape index (κ3) is 4.74. The van der Waals surface area contributed by atoms with Gasteiger partial charge in [0, 0.05) is 18.3 Å². The van der Waals surface area contributed by atoms with Crippen molar-refractivity contribution in [2.24, 2.45) is 0 Å². The van der Waals surface area contributed by atoms with E-state index in [-0.39, 0.29) is 12.1 Å². The molecule has 0 aliphatic rings. The Bertz CT molecular complexity index is 1130. The fourth-order valence-electron chi connectivity index (χ4n) is 2.51. The molecule has 5 nitrogen and oxygen atoms in total. The predicted molar refractivity (Wildman–Crippen MR) is 93.6 cm³/mol. The molecule has 2 heterocycles. The second kappa shape index (κ2) is 8.15. The quantitative estimate of drug-likeness (QED) is 0.373. The summed E-state index contributed by atoms with van der Waals surface area (Å²) in [5, 5.41) is 4.19. The van der Waals surface area contributed by atoms with Crippen molar-refractivity contribution < 1.29 is 39.5 Å². The zero-order valence-electron chi connectivity index (χ0n) is 15.5. The summed E-state index contributed by atoms with van der Waals surface area (Å²) in [6, 6.07) is -1.29. The topological polar surface area (TPSA) is 55.6 Å². The van der Waals surface area contributed by atoms with E-state index >= 15 is 0 Å². The van der Waals surface area contributed by atoms with Crippen LogP contribution in [0.1, 0.15) is 12.6 Å². The molecule has 0 radical (unpaired) electrons. The molecule has 0 amide bonds. The number of hydrogen-bond acceptors (Lipinski definition) is 4. The lowest BCUT2D eigenvalue weighted by Crippen LogP contribution is -2.34. The van der Waals surface area contributed by atoms with Gasteiger partial charge in [0.25, 0.3) is 5.95 Å². The molecule has 1 N–H and O–H groups in total. The van der Waals surface area contributed by atoms with E-state index in [1.54, 1.807) is 0 Å². The van der Waals surface area contributed by atoms with Crippen LogP contribution < -0.4 is 5.32 Å². The highest BCUT2D eigenvalue weighted by Crippen LogP contribution is 2.38. The number of nitrogens with one attached hydrogen (secondary N) is 1. The van der Waals surface area contributed by atoms with Gasteiger partial charge in [-0.1, -0.05) is 11.6 Å². The largest absolute Gasteiger partial charge is 0.435 e. The molecular formula is C17H9ClF9N5. The van der Waals surface area contributed by atoms with Crippen LogP contribution in [-0.4, -0.2) is 32.0 Å². The second-order valence-electron chi connectivity index (χ2n) is 6.33. The Hall–Kier alpha value is -3.03. The summed E-state index contributed by atoms with van der Waals surface area (Å²) in [4.78, 5) is 7.22. The minimum Gasteiger partial charge on any atom is -0.358 e. The van der Waals surface area contributed by atoms with Gasteiger partial charge in [-0.2, -0.15) is 41.4 Å². The number of halogens is 10. The summed E-state index contributed by atoms with van der Waals surface area (Å²) in [5.74, 6) is -5.97. The van der Waals surface area contributed by atoms with Crippen molar-refractivity contribution in [1.82, 2.24) is 19.7 Å². The summed E-state index contributed by atoms with van der Waals surface area (Å²) in [6.07, 6.45) is -8.95. The number of hydrogen-bond donors (Lipinski definition) is 1. The molecule has 0 saturated carbocycles. The first-order valence-corrected chi connectivity index (χ1v) is 8.75. The van der Waals surface area contributed by atoms with Crippen molar-refractivity contribution in [3.8, 4) is 17.1 Å². The molecule has 0 fully saturated rings. The Morgan fingerprint density at radius 2 is 1.56 bits per heavy atom. The van der Waals surface area contributed by atoms with Crippen molar-refractivity contribution in [3.05, 3.63) is 52.7 Å². The van der Waals surface area contributed by atoms with Crippen LogP contribution in [0.3, 0.4) is 0 Å². The van der Waals surface area contributed by atoms with Gasteiger partial charge in [0.15, 0.2) is 5.69 Å². The van der Waals surface area contributed by atoms with Crippen LogP contribution in [0.4, 0.5) is 45.3 Å². The Morgan fingerprint density at radius 3 is 2.06 bits per heavy atom. The molecule has 0 saturated heterocycles. The van der Waals surface area contributed by atoms with Crippen molar-refractivity contribution >= 4 is 17.4 Å². The molecule has 0 spiro atoms. The van der Waals surface area contributed by atoms with E-state index in [0.717, 1.165) is 6.20 Å². The molecule has 15 heteroatoms. The second-order valence-corrected chi connectivity index (χ2v) is 6.69. The Kier molecular flexibility index (Phi) is 6.02. The molecule has 1 aromatic carbocycles. The smallest absolute Gasteiger partial charge is 0.358 e. The Balaban J connectivity index is 2.23. The summed E-state index contributed by atoms with van der Waals surface area (Å²) >= 11 is 5.93. The number of aromatic nitrogens is 4. The molecule has 2 aromatic heterocycles. The van der Waals surface area contributed by atoms with Crippen molar-refractivity contribution in [2.45, 2.75) is 25.3 Å². The molecule has 0 aliphatic heterocycles. The summed E-state index contributed by atoms with van der Waals surface area (Å²) in [6.45, 7) is 0.645. The van der Waals surface area contributed by atoms with E-state index in [4.69, 9.17) is 11.6 Å². The van der Waals surface area contributed by atoms with Crippen LogP contribution >= 0.6 is 11.6 Å². The molecule has 3 rings (SSSR count). The van der Waals surface area contributed by atoms with Crippen LogP contribution in [0, 0.1) is 17.5 Å². The van der Waals surface area contributed by atoms with Gasteiger partial charge in [-0.05, 0) is 13.0 Å². The molecule has 0 aliphatic carbocycles. The highest BCUT2D eigenvalue weighted by Gasteiger charge is 2.38. The molecule has 3 aromatic rings. The zero-order chi connectivity index (χ0) is 24.0. The van der Waals surface area contributed by atoms with Gasteiger partial charge in [-0.15, -0.1) is 0 Å². The van der Waals surface area contributed by atoms with E-state index in [0.29, 0.717) is 17.7 Å². The van der Waals surface area contributed by atoms with Gasteiger partial charge in [0.05, 0.1) is 11.1 Å². The van der Waals surface area contributed by atoms with Gasteiger partial charge in [0.2, 0.25) is 0 Å². The lowest BCUT2D eigenvalue weighted by atomic mass is 10.1. The maximum Gasteiger partial charge on any atom is 0.435 e. The van der Waals surface area contributed by atoms with Crippen LogP contribution in [0.5, 0.6) is 0 Å². The average molecular weight is 490 g/mol. The third-order valence-electron chi connectivity index (χ3n) is 4.04. The fourth-order valence-corrected chi connectivity index (χ4v) is 2.76. The first-order valence-electron chi connectivity index (χ1n) is 8.37. The highest BCUT2D eigenvalue weighted by atomic mass is 35.5. The van der Waals surface area contributed by atoms with Gasteiger partial charge in [-0.25, -0.2) is 17.9 Å². The molecule has 0 unspecified atom stereocenters. The Labute approximate surface area is 177 Å². The van der Waals surface area contributed by atoms with E-state index in [1.807, 2.05) is 5.32 Å². The van der Waals surface area contributed by atoms with Gasteiger partial charge in [-0.3, -0.25) is 0 Å². The normalized spacial score (nSPS) is 13.3. The van der Waals surface area contributed by atoms with Crippen LogP contribution in [0.2, 0.25) is 5.15 Å². The molecular weight excluding hydrogens is 481 g/mol. The number of rotatable bonds is 4. The molecule has 172 valence electrons. The van der Waals surface area contributed by atoms with Crippen molar-refractivity contribution in [1.29, 1.82) is 0 Å². The highest BCUT2D eigenvalue weighted by molar-refractivity contribution is 6.32. The first kappa shape index (κ1) is 23.6. The van der Waals surface area contributed by atoms with E-state index < -0.39 is 69.6 Å². The van der Waals surface area contributed by atoms with Gasteiger partial charge < -0.3 is 5.32 Å². The van der Waals surface area contributed by atoms with Crippen molar-refractivity contribution in [2.75, 3.05) is 5.32 Å². The van der Waals surface area contributed by atoms with Gasteiger partial charge >= 0.3 is 12.4 Å². The lowest BCUT2D eigenvalue weighted by molar-refractivity contribution is -0.141. The van der Waals surface area contributed by atoms with Crippen molar-refractivity contribution in [3.63, 3.8) is 0 Å². The third-order valence-corrected chi connectivity index (χ3v) is 4.31. The number of alkyl halides is 6. The zero-order valence-corrected chi connectivity index (χ0v) is 16.2. The van der Waals surface area contributed by atoms with Crippen LogP contribution in [0.25, 0.3) is 17.1 Å². The van der Waals surface area contributed by atoms with Gasteiger partial charge in [0.1, 0.15) is 34.5 Å². The summed E-state index contributed by atoms with van der Waals surface area (Å²) in [7, 11) is 0. The fraction of sp³-hybridized carbons (Fsp3) is 0.235. The van der Waals surface area contributed by atoms with E-state index in [1.165, 1.54) is 0 Å². The summed E-state index contributed by atoms with van der Waals surface area (Å²) < 4.78 is 120. The number of nitrogens with zero attached hydrogens (tertiary/aromatic N) is 4. The average Bonchev–Trinajstić information content (AvgIpc) is 3.12. The minimum absolute atomic E-state index is 0.253. The molecule has 32 heavy (non-hydrogen) atoms. The lowest BCUT2D eigenvalue weighted by Gasteiger charge is -2.21. The van der Waals surface area contributed by atoms with E-state index in [2.05, 4.69) is 15.1 Å². The first-order chi connectivity index (χ1) is 14.7. The van der Waals surface area contributed by atoms with Crippen LogP contribution in [0.15, 0.2) is 24.4 Å². The molecule has 1 atom stereocenters. The predicted octanol–water partition coefficient (Wildman–Crippen LogP) is 5.78. The number of anilines is 1. The minimum atomic E-state index is -4.86. The van der Waals surface area contributed by atoms with Crippen LogP contribution in [-0.2, 0) is 6.18 Å². The maximum absolute atomic E-state index is 14.3. The summed E-state index contributed by atoms with van der Waals surface area (Å²) in [5.41, 5.74) is -3.21. The SMILES string of the molecule is C[C@H](Nc1nc(-n2ccc(C(F)(F)F)n2)nc(Cl)c1-c1c(F)cc(F)cc1F)C(F)(F)F. The maximum atomic E-state index is 14.3. The van der Waals surface area contributed by atoms with E-state index in [9.17, 15) is 39.5 Å². The Morgan fingerprint density at radius 1 is 0.969 bits per heavy atom. The number of benzene rings is 1. The standard InChI is InChI=1S/C17H9ClF9N5/c1-6(16(22,23)24)28-14-12(11-8(20)4-7(19)5-9(11)21)13(18)29-15(30-14)32-3-2-10(31-32)17(25,26)27/h2-6H,1H3,(H,28,29,30)/t6-/m0/s1. The monoisotopic (exact) mass is 489 g/mol. The molecule has 0 bridgehead atoms.